The van der Waals surface area contributed by atoms with E-state index in [1.165, 1.54) is 18.5 Å². The molecule has 2 N–H and O–H groups in total. The smallest absolute Gasteiger partial charge is 0.259 e. The quantitative estimate of drug-likeness (QED) is 0.510. The topological polar surface area (TPSA) is 101 Å². The van der Waals surface area contributed by atoms with Crippen LogP contribution < -0.4 is 16.2 Å². The van der Waals surface area contributed by atoms with Crippen molar-refractivity contribution < 1.29 is 14.0 Å². The largest absolute Gasteiger partial charge is 0.463 e. The van der Waals surface area contributed by atoms with Gasteiger partial charge in [-0.3, -0.25) is 14.4 Å². The predicted octanol–water partition coefficient (Wildman–Crippen LogP) is 2.63. The zero-order chi connectivity index (χ0) is 20.1. The van der Waals surface area contributed by atoms with Gasteiger partial charge in [0.05, 0.1) is 23.7 Å². The van der Waals surface area contributed by atoms with Crippen LogP contribution in [0.4, 0.5) is 0 Å². The maximum atomic E-state index is 12.4. The fraction of sp³-hybridized carbons (Fsp3) is 0.100. The third-order valence-corrected chi connectivity index (χ3v) is 4.11. The van der Waals surface area contributed by atoms with Gasteiger partial charge in [-0.15, -0.1) is 0 Å². The Bertz CT molecular complexity index is 1120. The fourth-order valence-electron chi connectivity index (χ4n) is 2.39. The van der Waals surface area contributed by atoms with Gasteiger partial charge >= 0.3 is 0 Å². The van der Waals surface area contributed by atoms with Crippen LogP contribution in [0, 0.1) is 6.92 Å². The van der Waals surface area contributed by atoms with Crippen molar-refractivity contribution in [3.8, 4) is 0 Å². The second kappa shape index (κ2) is 8.49. The van der Waals surface area contributed by atoms with Crippen LogP contribution in [0.5, 0.6) is 0 Å². The van der Waals surface area contributed by atoms with E-state index in [2.05, 4.69) is 15.8 Å². The number of aryl methyl sites for hydroxylation is 1. The Hall–Kier alpha value is -3.45. The number of amides is 2. The summed E-state index contributed by atoms with van der Waals surface area (Å²) in [5, 5.41) is 6.94. The molecule has 3 rings (SSSR count). The van der Waals surface area contributed by atoms with Gasteiger partial charge < -0.3 is 9.73 Å². The summed E-state index contributed by atoms with van der Waals surface area (Å²) < 4.78 is 5.35. The highest BCUT2D eigenvalue weighted by molar-refractivity contribution is 6.31. The number of hydrazone groups is 1. The van der Waals surface area contributed by atoms with Crippen molar-refractivity contribution in [3.63, 3.8) is 0 Å². The molecular formula is C20H16ClN3O4. The summed E-state index contributed by atoms with van der Waals surface area (Å²) in [4.78, 5) is 36.1. The molecule has 8 heteroatoms. The average Bonchev–Trinajstić information content (AvgIpc) is 2.69. The molecule has 0 aliphatic heterocycles. The first kappa shape index (κ1) is 19.3. The molecule has 3 aromatic rings. The van der Waals surface area contributed by atoms with Crippen LogP contribution in [0.2, 0.25) is 5.02 Å². The van der Waals surface area contributed by atoms with Gasteiger partial charge in [0, 0.05) is 10.6 Å². The van der Waals surface area contributed by atoms with Crippen LogP contribution in [0.15, 0.2) is 63.0 Å². The molecule has 0 radical (unpaired) electrons. The highest BCUT2D eigenvalue weighted by Crippen LogP contribution is 2.16. The molecule has 0 saturated heterocycles. The second-order valence-electron chi connectivity index (χ2n) is 6.00. The van der Waals surface area contributed by atoms with Crippen LogP contribution in [-0.2, 0) is 4.79 Å². The lowest BCUT2D eigenvalue weighted by Crippen LogP contribution is -2.35. The van der Waals surface area contributed by atoms with Crippen LogP contribution in [0.25, 0.3) is 11.0 Å². The molecule has 0 bridgehead atoms. The molecule has 0 atom stereocenters. The van der Waals surface area contributed by atoms with Crippen molar-refractivity contribution in [1.82, 2.24) is 10.7 Å². The maximum absolute atomic E-state index is 12.4. The highest BCUT2D eigenvalue weighted by atomic mass is 35.5. The number of hydrogen-bond donors (Lipinski definition) is 2. The number of rotatable bonds is 5. The number of carbonyl (C=O) groups is 2. The summed E-state index contributed by atoms with van der Waals surface area (Å²) in [7, 11) is 0. The van der Waals surface area contributed by atoms with E-state index in [4.69, 9.17) is 16.0 Å². The summed E-state index contributed by atoms with van der Waals surface area (Å²) in [6.45, 7) is 1.66. The summed E-state index contributed by atoms with van der Waals surface area (Å²) >= 11 is 5.90. The minimum atomic E-state index is -0.537. The Morgan fingerprint density at radius 2 is 1.93 bits per heavy atom. The number of nitrogens with one attached hydrogen (secondary N) is 2. The molecule has 1 heterocycles. The molecule has 0 saturated carbocycles. The number of fused-ring (bicyclic) bond motifs is 1. The SMILES string of the molecule is Cc1ccc(C(=O)NCC(=O)N/N=C\c2coc3ccc(Cl)cc3c2=O)cc1. The third-order valence-electron chi connectivity index (χ3n) is 3.88. The molecule has 1 aromatic heterocycles. The maximum Gasteiger partial charge on any atom is 0.259 e. The molecule has 7 nitrogen and oxygen atoms in total. The van der Waals surface area contributed by atoms with Crippen LogP contribution in [0.1, 0.15) is 21.5 Å². The van der Waals surface area contributed by atoms with E-state index >= 15 is 0 Å². The van der Waals surface area contributed by atoms with Gasteiger partial charge in [0.2, 0.25) is 5.43 Å². The monoisotopic (exact) mass is 397 g/mol. The molecular weight excluding hydrogens is 382 g/mol. The lowest BCUT2D eigenvalue weighted by molar-refractivity contribution is -0.120. The highest BCUT2D eigenvalue weighted by Gasteiger charge is 2.08. The van der Waals surface area contributed by atoms with E-state index < -0.39 is 5.91 Å². The number of carbonyl (C=O) groups excluding carboxylic acids is 2. The van der Waals surface area contributed by atoms with Crippen molar-refractivity contribution in [2.75, 3.05) is 6.54 Å². The molecule has 28 heavy (non-hydrogen) atoms. The molecule has 0 aliphatic carbocycles. The predicted molar refractivity (Wildman–Crippen MR) is 107 cm³/mol. The number of nitrogens with zero attached hydrogens (tertiary/aromatic N) is 1. The van der Waals surface area contributed by atoms with Gasteiger partial charge in [0.1, 0.15) is 11.8 Å². The Morgan fingerprint density at radius 3 is 2.68 bits per heavy atom. The van der Waals surface area contributed by atoms with E-state index in [1.54, 1.807) is 24.3 Å². The standard InChI is InChI=1S/C20H16ClN3O4/c1-12-2-4-13(5-3-12)20(27)22-10-18(25)24-23-9-14-11-28-17-7-6-15(21)8-16(17)19(14)26/h2-9,11H,10H2,1H3,(H,22,27)(H,24,25)/b23-9-. The first-order chi connectivity index (χ1) is 13.4. The average molecular weight is 398 g/mol. The first-order valence-electron chi connectivity index (χ1n) is 8.32. The fourth-order valence-corrected chi connectivity index (χ4v) is 2.56. The van der Waals surface area contributed by atoms with Crippen LogP contribution in [-0.4, -0.2) is 24.6 Å². The summed E-state index contributed by atoms with van der Waals surface area (Å²) in [6, 6.07) is 11.7. The molecule has 2 aromatic carbocycles. The van der Waals surface area contributed by atoms with E-state index in [0.29, 0.717) is 21.6 Å². The lowest BCUT2D eigenvalue weighted by Gasteiger charge is -2.04. The Kier molecular flexibility index (Phi) is 5.86. The molecule has 142 valence electrons. The Morgan fingerprint density at radius 1 is 1.18 bits per heavy atom. The first-order valence-corrected chi connectivity index (χ1v) is 8.69. The van der Waals surface area contributed by atoms with Crippen molar-refractivity contribution in [2.24, 2.45) is 5.10 Å². The van der Waals surface area contributed by atoms with Gasteiger partial charge in [0.25, 0.3) is 11.8 Å². The molecule has 2 amide bonds. The van der Waals surface area contributed by atoms with Gasteiger partial charge in [-0.25, -0.2) is 5.43 Å². The molecule has 0 aliphatic rings. The van der Waals surface area contributed by atoms with Crippen molar-refractivity contribution >= 4 is 40.6 Å². The van der Waals surface area contributed by atoms with E-state index in [1.807, 2.05) is 19.1 Å². The minimum absolute atomic E-state index is 0.152. The lowest BCUT2D eigenvalue weighted by atomic mass is 10.1. The van der Waals surface area contributed by atoms with Crippen LogP contribution >= 0.6 is 11.6 Å². The minimum Gasteiger partial charge on any atom is -0.463 e. The second-order valence-corrected chi connectivity index (χ2v) is 6.44. The van der Waals surface area contributed by atoms with Crippen molar-refractivity contribution in [1.29, 1.82) is 0 Å². The van der Waals surface area contributed by atoms with Gasteiger partial charge in [-0.1, -0.05) is 29.3 Å². The molecule has 0 spiro atoms. The van der Waals surface area contributed by atoms with E-state index in [0.717, 1.165) is 5.56 Å². The van der Waals surface area contributed by atoms with Crippen LogP contribution in [0.3, 0.4) is 0 Å². The number of benzene rings is 2. The number of hydrogen-bond acceptors (Lipinski definition) is 5. The van der Waals surface area contributed by atoms with Gasteiger partial charge in [-0.05, 0) is 37.3 Å². The normalized spacial score (nSPS) is 10.9. The molecule has 0 unspecified atom stereocenters. The van der Waals surface area contributed by atoms with Gasteiger partial charge in [0.15, 0.2) is 0 Å². The Balaban J connectivity index is 1.58. The number of halogens is 1. The molecule has 0 fully saturated rings. The zero-order valence-corrected chi connectivity index (χ0v) is 15.6. The zero-order valence-electron chi connectivity index (χ0n) is 14.9. The summed E-state index contributed by atoms with van der Waals surface area (Å²) in [6.07, 6.45) is 2.42. The van der Waals surface area contributed by atoms with E-state index in [-0.39, 0.29) is 23.4 Å². The van der Waals surface area contributed by atoms with E-state index in [9.17, 15) is 14.4 Å². The van der Waals surface area contributed by atoms with Crippen molar-refractivity contribution in [2.45, 2.75) is 6.92 Å². The Labute approximate surface area is 165 Å². The third kappa shape index (κ3) is 4.63. The van der Waals surface area contributed by atoms with Crippen molar-refractivity contribution in [3.05, 3.63) is 80.7 Å². The summed E-state index contributed by atoms with van der Waals surface area (Å²) in [5.41, 5.74) is 3.95. The van der Waals surface area contributed by atoms with Gasteiger partial charge in [-0.2, -0.15) is 5.10 Å². The summed E-state index contributed by atoms with van der Waals surface area (Å²) in [5.74, 6) is -0.906.